The van der Waals surface area contributed by atoms with Crippen LogP contribution in [0.2, 0.25) is 5.02 Å². The normalized spacial score (nSPS) is 16.9. The maximum absolute atomic E-state index is 13.6. The van der Waals surface area contributed by atoms with E-state index < -0.39 is 32.9 Å². The molecule has 2 N–H and O–H groups in total. The molecule has 0 saturated carbocycles. The van der Waals surface area contributed by atoms with Gasteiger partial charge in [0.05, 0.1) is 27.4 Å². The average Bonchev–Trinajstić information content (AvgIpc) is 3.37. The number of halogens is 1. The van der Waals surface area contributed by atoms with E-state index in [4.69, 9.17) is 16.3 Å². The molecule has 0 amide bonds. The summed E-state index contributed by atoms with van der Waals surface area (Å²) in [6, 6.07) is 8.10. The predicted octanol–water partition coefficient (Wildman–Crippen LogP) is 4.02. The van der Waals surface area contributed by atoms with Gasteiger partial charge in [0.2, 0.25) is 0 Å². The van der Waals surface area contributed by atoms with Gasteiger partial charge in [-0.15, -0.1) is 0 Å². The number of fused-ring (bicyclic) bond motifs is 1. The number of carbonyl (C=O) groups excluding carboxylic acids is 1. The van der Waals surface area contributed by atoms with Crippen molar-refractivity contribution in [3.05, 3.63) is 75.4 Å². The van der Waals surface area contributed by atoms with Gasteiger partial charge in [-0.25, -0.2) is 17.2 Å². The third-order valence-corrected chi connectivity index (χ3v) is 7.76. The van der Waals surface area contributed by atoms with Crippen LogP contribution in [0.1, 0.15) is 25.0 Å². The molecule has 10 nitrogen and oxygen atoms in total. The number of nitro groups is 1. The molecule has 0 radical (unpaired) electrons. The summed E-state index contributed by atoms with van der Waals surface area (Å²) in [4.78, 5) is 22.4. The quantitative estimate of drug-likeness (QED) is 0.197. The van der Waals surface area contributed by atoms with Crippen molar-refractivity contribution in [2.75, 3.05) is 18.5 Å². The number of nitro benzene ring substituents is 1. The first-order valence-corrected chi connectivity index (χ1v) is 12.5. The molecule has 2 aromatic carbocycles. The fourth-order valence-electron chi connectivity index (χ4n) is 3.99. The minimum Gasteiger partial charge on any atom is -0.462 e. The van der Waals surface area contributed by atoms with Crippen LogP contribution in [0.5, 0.6) is 0 Å². The predicted molar refractivity (Wildman–Crippen MR) is 130 cm³/mol. The third kappa shape index (κ3) is 4.38. The zero-order valence-corrected chi connectivity index (χ0v) is 20.2. The Hall–Kier alpha value is -3.41. The molecule has 1 aliphatic rings. The van der Waals surface area contributed by atoms with Crippen LogP contribution < -0.4 is 5.32 Å². The minimum atomic E-state index is -4.32. The Morgan fingerprint density at radius 1 is 1.34 bits per heavy atom. The van der Waals surface area contributed by atoms with Gasteiger partial charge < -0.3 is 15.2 Å². The largest absolute Gasteiger partial charge is 0.462 e. The number of benzene rings is 2. The molecule has 2 heterocycles. The lowest BCUT2D eigenvalue weighted by atomic mass is 9.92. The highest BCUT2D eigenvalue weighted by Gasteiger charge is 2.37. The molecule has 0 spiro atoms. The van der Waals surface area contributed by atoms with E-state index in [2.05, 4.69) is 11.9 Å². The van der Waals surface area contributed by atoms with Crippen LogP contribution in [0, 0.1) is 16.0 Å². The minimum absolute atomic E-state index is 0.0779. The van der Waals surface area contributed by atoms with Crippen LogP contribution in [-0.4, -0.2) is 41.5 Å². The van der Waals surface area contributed by atoms with Gasteiger partial charge in [0, 0.05) is 40.4 Å². The van der Waals surface area contributed by atoms with Crippen LogP contribution in [0.4, 0.5) is 11.4 Å². The van der Waals surface area contributed by atoms with E-state index in [-0.39, 0.29) is 39.5 Å². The van der Waals surface area contributed by atoms with Crippen molar-refractivity contribution < 1.29 is 28.0 Å². The lowest BCUT2D eigenvalue weighted by molar-refractivity contribution is -0.384. The van der Waals surface area contributed by atoms with E-state index in [9.17, 15) is 28.4 Å². The SMILES string of the molecule is C=C1C(=O)OCC1C(O)c1cn(S(=O)(=O)c2ccc(NCCC)c([N+](=O)[O-])c2)c2ccc(Cl)cc12. The van der Waals surface area contributed by atoms with Gasteiger partial charge in [-0.3, -0.25) is 10.1 Å². The molecule has 2 atom stereocenters. The van der Waals surface area contributed by atoms with Crippen molar-refractivity contribution in [2.45, 2.75) is 24.3 Å². The number of esters is 1. The molecule has 2 unspecified atom stereocenters. The number of aliphatic hydroxyl groups excluding tert-OH is 1. The Morgan fingerprint density at radius 3 is 2.71 bits per heavy atom. The Bertz CT molecular complexity index is 1470. The smallest absolute Gasteiger partial charge is 0.333 e. The summed E-state index contributed by atoms with van der Waals surface area (Å²) in [7, 11) is -4.32. The second-order valence-corrected chi connectivity index (χ2v) is 10.3. The average molecular weight is 520 g/mol. The van der Waals surface area contributed by atoms with Gasteiger partial charge in [0.25, 0.3) is 15.7 Å². The summed E-state index contributed by atoms with van der Waals surface area (Å²) in [5.41, 5.74) is 0.313. The van der Waals surface area contributed by atoms with E-state index in [0.717, 1.165) is 16.5 Å². The number of ether oxygens (including phenoxy) is 1. The molecule has 12 heteroatoms. The molecule has 0 bridgehead atoms. The number of cyclic esters (lactones) is 1. The standard InChI is InChI=1S/C23H22ClN3O7S/c1-3-8-25-19-6-5-15(10-21(19)27(30)31)35(32,33)26-11-17(16-9-14(24)4-7-20(16)26)22(28)18-12-34-23(29)13(18)2/h4-7,9-11,18,22,25,28H,2-3,8,12H2,1H3. The summed E-state index contributed by atoms with van der Waals surface area (Å²) >= 11 is 6.14. The fraction of sp³-hybridized carbons (Fsp3) is 0.261. The van der Waals surface area contributed by atoms with Gasteiger partial charge in [0.15, 0.2) is 0 Å². The molecule has 3 aromatic rings. The zero-order chi connectivity index (χ0) is 25.5. The van der Waals surface area contributed by atoms with Crippen molar-refractivity contribution >= 4 is 49.9 Å². The zero-order valence-electron chi connectivity index (χ0n) is 18.6. The van der Waals surface area contributed by atoms with Gasteiger partial charge in [0.1, 0.15) is 12.3 Å². The fourth-order valence-corrected chi connectivity index (χ4v) is 5.56. The van der Waals surface area contributed by atoms with Crippen LogP contribution in [0.25, 0.3) is 10.9 Å². The van der Waals surface area contributed by atoms with Crippen LogP contribution in [0.15, 0.2) is 59.6 Å². The molecule has 35 heavy (non-hydrogen) atoms. The number of aromatic nitrogens is 1. The maximum Gasteiger partial charge on any atom is 0.333 e. The van der Waals surface area contributed by atoms with Gasteiger partial charge in [-0.1, -0.05) is 25.1 Å². The molecule has 1 fully saturated rings. The second kappa shape index (κ2) is 9.33. The lowest BCUT2D eigenvalue weighted by Crippen LogP contribution is -2.15. The highest BCUT2D eigenvalue weighted by Crippen LogP contribution is 2.39. The van der Waals surface area contributed by atoms with E-state index in [0.29, 0.717) is 17.0 Å². The van der Waals surface area contributed by atoms with E-state index in [1.807, 2.05) is 6.92 Å². The summed E-state index contributed by atoms with van der Waals surface area (Å²) in [6.45, 7) is 5.95. The molecule has 0 aliphatic carbocycles. The molecule has 4 rings (SSSR count). The topological polar surface area (TPSA) is 141 Å². The first kappa shape index (κ1) is 24.7. The molecular formula is C23H22ClN3O7S. The van der Waals surface area contributed by atoms with Gasteiger partial charge >= 0.3 is 5.97 Å². The first-order chi connectivity index (χ1) is 16.6. The van der Waals surface area contributed by atoms with Crippen LogP contribution in [-0.2, 0) is 19.6 Å². The van der Waals surface area contributed by atoms with Gasteiger partial charge in [-0.05, 0) is 36.8 Å². The van der Waals surface area contributed by atoms with Crippen molar-refractivity contribution in [1.82, 2.24) is 3.97 Å². The number of hydrogen-bond acceptors (Lipinski definition) is 8. The third-order valence-electron chi connectivity index (χ3n) is 5.86. The Morgan fingerprint density at radius 2 is 2.09 bits per heavy atom. The number of anilines is 1. The van der Waals surface area contributed by atoms with E-state index in [1.54, 1.807) is 0 Å². The number of rotatable bonds is 8. The van der Waals surface area contributed by atoms with Crippen molar-refractivity contribution in [1.29, 1.82) is 0 Å². The Balaban J connectivity index is 1.85. The number of carbonyl (C=O) groups is 1. The molecule has 1 saturated heterocycles. The van der Waals surface area contributed by atoms with E-state index >= 15 is 0 Å². The first-order valence-electron chi connectivity index (χ1n) is 10.7. The van der Waals surface area contributed by atoms with Crippen molar-refractivity contribution in [3.63, 3.8) is 0 Å². The van der Waals surface area contributed by atoms with E-state index in [1.165, 1.54) is 36.5 Å². The van der Waals surface area contributed by atoms with Crippen LogP contribution in [0.3, 0.4) is 0 Å². The summed E-state index contributed by atoms with van der Waals surface area (Å²) in [5, 5.41) is 26.2. The highest BCUT2D eigenvalue weighted by molar-refractivity contribution is 7.90. The monoisotopic (exact) mass is 519 g/mol. The Labute approximate surface area is 206 Å². The summed E-state index contributed by atoms with van der Waals surface area (Å²) in [5.74, 6) is -1.40. The van der Waals surface area contributed by atoms with Crippen molar-refractivity contribution in [2.24, 2.45) is 5.92 Å². The van der Waals surface area contributed by atoms with Crippen LogP contribution >= 0.6 is 11.6 Å². The molecule has 184 valence electrons. The number of nitrogens with one attached hydrogen (secondary N) is 1. The molecule has 1 aromatic heterocycles. The van der Waals surface area contributed by atoms with Gasteiger partial charge in [-0.2, -0.15) is 0 Å². The second-order valence-electron chi connectivity index (χ2n) is 8.08. The lowest BCUT2D eigenvalue weighted by Gasteiger charge is -2.15. The molecule has 1 aliphatic heterocycles. The summed E-state index contributed by atoms with van der Waals surface area (Å²) < 4.78 is 33.1. The number of aliphatic hydroxyl groups is 1. The number of nitrogens with zero attached hydrogens (tertiary/aromatic N) is 2. The highest BCUT2D eigenvalue weighted by atomic mass is 35.5. The number of hydrogen-bond donors (Lipinski definition) is 2. The molecular weight excluding hydrogens is 498 g/mol. The maximum atomic E-state index is 13.6. The summed E-state index contributed by atoms with van der Waals surface area (Å²) in [6.07, 6.45) is 0.650. The van der Waals surface area contributed by atoms with Crippen molar-refractivity contribution in [3.8, 4) is 0 Å². The Kier molecular flexibility index (Phi) is 6.58.